The first-order valence-corrected chi connectivity index (χ1v) is 5.65. The summed E-state index contributed by atoms with van der Waals surface area (Å²) in [6.07, 6.45) is 4.90. The minimum absolute atomic E-state index is 0.337. The van der Waals surface area contributed by atoms with Crippen LogP contribution < -0.4 is 11.1 Å². The molecule has 1 aliphatic rings. The zero-order valence-corrected chi connectivity index (χ0v) is 9.40. The molecule has 5 heteroatoms. The monoisotopic (exact) mass is 209 g/mol. The fraction of sp³-hybridized carbons (Fsp3) is 0.800. The molecule has 1 aromatic heterocycles. The molecule has 1 fully saturated rings. The summed E-state index contributed by atoms with van der Waals surface area (Å²) in [7, 11) is 0. The summed E-state index contributed by atoms with van der Waals surface area (Å²) in [6.45, 7) is 4.12. The summed E-state index contributed by atoms with van der Waals surface area (Å²) in [5.74, 6) is 1.18. The van der Waals surface area contributed by atoms with Crippen molar-refractivity contribution in [2.24, 2.45) is 0 Å². The Morgan fingerprint density at radius 3 is 2.67 bits per heavy atom. The molecule has 1 aliphatic carbocycles. The number of nitrogens with zero attached hydrogens (tertiary/aromatic N) is 3. The summed E-state index contributed by atoms with van der Waals surface area (Å²) < 4.78 is 1.87. The smallest absolute Gasteiger partial charge is 0.244 e. The van der Waals surface area contributed by atoms with Crippen molar-refractivity contribution in [1.29, 1.82) is 0 Å². The Hall–Kier alpha value is -1.26. The van der Waals surface area contributed by atoms with E-state index in [4.69, 9.17) is 5.73 Å². The van der Waals surface area contributed by atoms with Crippen LogP contribution in [0.1, 0.15) is 45.6 Å². The van der Waals surface area contributed by atoms with Gasteiger partial charge < -0.3 is 11.1 Å². The Bertz CT molecular complexity index is 325. The van der Waals surface area contributed by atoms with Gasteiger partial charge >= 0.3 is 0 Å². The third-order valence-corrected chi connectivity index (χ3v) is 2.75. The van der Waals surface area contributed by atoms with Crippen LogP contribution in [-0.4, -0.2) is 20.8 Å². The Morgan fingerprint density at radius 2 is 2.07 bits per heavy atom. The van der Waals surface area contributed by atoms with Gasteiger partial charge in [0.15, 0.2) is 0 Å². The molecule has 3 N–H and O–H groups in total. The lowest BCUT2D eigenvalue weighted by Crippen LogP contribution is -2.12. The predicted molar refractivity (Wildman–Crippen MR) is 60.7 cm³/mol. The second-order valence-electron chi connectivity index (χ2n) is 4.48. The summed E-state index contributed by atoms with van der Waals surface area (Å²) >= 11 is 0. The van der Waals surface area contributed by atoms with Crippen molar-refractivity contribution in [2.45, 2.75) is 51.6 Å². The average Bonchev–Trinajstić information content (AvgIpc) is 2.72. The minimum Gasteiger partial charge on any atom is -0.368 e. The van der Waals surface area contributed by atoms with E-state index >= 15 is 0 Å². The van der Waals surface area contributed by atoms with Gasteiger partial charge in [0.05, 0.1) is 6.04 Å². The van der Waals surface area contributed by atoms with Crippen molar-refractivity contribution >= 4 is 11.9 Å². The molecular formula is C10H19N5. The first kappa shape index (κ1) is 10.3. The van der Waals surface area contributed by atoms with Gasteiger partial charge in [0.1, 0.15) is 0 Å². The SMILES string of the molecule is CC(C)Nc1nc(N)n(C2CCCC2)n1. The van der Waals surface area contributed by atoms with Gasteiger partial charge in [-0.2, -0.15) is 4.98 Å². The third kappa shape index (κ3) is 2.22. The lowest BCUT2D eigenvalue weighted by Gasteiger charge is -2.09. The highest BCUT2D eigenvalue weighted by Crippen LogP contribution is 2.30. The zero-order chi connectivity index (χ0) is 10.8. The van der Waals surface area contributed by atoms with E-state index in [1.807, 2.05) is 4.68 Å². The second kappa shape index (κ2) is 4.08. The van der Waals surface area contributed by atoms with E-state index in [0.717, 1.165) is 0 Å². The normalized spacial score (nSPS) is 17.5. The first-order chi connectivity index (χ1) is 7.16. The number of hydrogen-bond donors (Lipinski definition) is 2. The molecule has 1 heterocycles. The highest BCUT2D eigenvalue weighted by atomic mass is 15.4. The molecule has 0 saturated heterocycles. The molecular weight excluding hydrogens is 190 g/mol. The molecule has 0 atom stereocenters. The van der Waals surface area contributed by atoms with Gasteiger partial charge in [0.25, 0.3) is 0 Å². The number of aromatic nitrogens is 3. The van der Waals surface area contributed by atoms with Crippen LogP contribution in [0.2, 0.25) is 0 Å². The number of nitrogens with two attached hydrogens (primary N) is 1. The maximum atomic E-state index is 5.85. The first-order valence-electron chi connectivity index (χ1n) is 5.65. The average molecular weight is 209 g/mol. The topological polar surface area (TPSA) is 68.8 Å². The quantitative estimate of drug-likeness (QED) is 0.796. The van der Waals surface area contributed by atoms with Crippen molar-refractivity contribution in [1.82, 2.24) is 14.8 Å². The van der Waals surface area contributed by atoms with Crippen LogP contribution in [-0.2, 0) is 0 Å². The summed E-state index contributed by atoms with van der Waals surface area (Å²) in [4.78, 5) is 4.21. The van der Waals surface area contributed by atoms with Crippen LogP contribution in [0.5, 0.6) is 0 Å². The van der Waals surface area contributed by atoms with Crippen molar-refractivity contribution in [3.63, 3.8) is 0 Å². The van der Waals surface area contributed by atoms with Gasteiger partial charge in [-0.1, -0.05) is 12.8 Å². The van der Waals surface area contributed by atoms with Crippen LogP contribution in [0, 0.1) is 0 Å². The van der Waals surface area contributed by atoms with Gasteiger partial charge in [-0.3, -0.25) is 0 Å². The molecule has 0 aromatic carbocycles. The second-order valence-corrected chi connectivity index (χ2v) is 4.48. The van der Waals surface area contributed by atoms with Crippen LogP contribution >= 0.6 is 0 Å². The number of nitrogens with one attached hydrogen (secondary N) is 1. The van der Waals surface area contributed by atoms with E-state index in [-0.39, 0.29) is 0 Å². The van der Waals surface area contributed by atoms with E-state index < -0.39 is 0 Å². The molecule has 15 heavy (non-hydrogen) atoms. The molecule has 1 saturated carbocycles. The Morgan fingerprint density at radius 1 is 1.40 bits per heavy atom. The standard InChI is InChI=1S/C10H19N5/c1-7(2)12-10-13-9(11)15(14-10)8-5-3-4-6-8/h7-8H,3-6H2,1-2H3,(H3,11,12,13,14). The van der Waals surface area contributed by atoms with Gasteiger partial charge in [-0.05, 0) is 26.7 Å². The number of rotatable bonds is 3. The highest BCUT2D eigenvalue weighted by molar-refractivity contribution is 5.32. The molecule has 2 rings (SSSR count). The molecule has 1 aromatic rings. The minimum atomic E-state index is 0.337. The summed E-state index contributed by atoms with van der Waals surface area (Å²) in [5.41, 5.74) is 5.85. The lowest BCUT2D eigenvalue weighted by molar-refractivity contribution is 0.473. The van der Waals surface area contributed by atoms with Crippen LogP contribution in [0.25, 0.3) is 0 Å². The largest absolute Gasteiger partial charge is 0.368 e. The number of nitrogen functional groups attached to an aromatic ring is 1. The Balaban J connectivity index is 2.13. The summed E-state index contributed by atoms with van der Waals surface area (Å²) in [5, 5.41) is 7.57. The lowest BCUT2D eigenvalue weighted by atomic mass is 10.3. The molecule has 0 unspecified atom stereocenters. The molecule has 0 amide bonds. The van der Waals surface area contributed by atoms with E-state index in [9.17, 15) is 0 Å². The van der Waals surface area contributed by atoms with Crippen LogP contribution in [0.15, 0.2) is 0 Å². The highest BCUT2D eigenvalue weighted by Gasteiger charge is 2.21. The Kier molecular flexibility index (Phi) is 2.79. The number of hydrogen-bond acceptors (Lipinski definition) is 4. The fourth-order valence-corrected chi connectivity index (χ4v) is 2.07. The van der Waals surface area contributed by atoms with Gasteiger partial charge in [-0.25, -0.2) is 4.68 Å². The van der Waals surface area contributed by atoms with Gasteiger partial charge in [0.2, 0.25) is 11.9 Å². The third-order valence-electron chi connectivity index (χ3n) is 2.75. The van der Waals surface area contributed by atoms with Gasteiger partial charge in [0, 0.05) is 6.04 Å². The van der Waals surface area contributed by atoms with Crippen LogP contribution in [0.3, 0.4) is 0 Å². The van der Waals surface area contributed by atoms with E-state index in [1.165, 1.54) is 25.7 Å². The maximum Gasteiger partial charge on any atom is 0.244 e. The van der Waals surface area contributed by atoms with Crippen molar-refractivity contribution in [2.75, 3.05) is 11.1 Å². The molecule has 5 nitrogen and oxygen atoms in total. The van der Waals surface area contributed by atoms with Gasteiger partial charge in [-0.15, -0.1) is 5.10 Å². The molecule has 0 aliphatic heterocycles. The molecule has 84 valence electrons. The van der Waals surface area contributed by atoms with E-state index in [0.29, 0.717) is 24.0 Å². The van der Waals surface area contributed by atoms with Crippen LogP contribution in [0.4, 0.5) is 11.9 Å². The maximum absolute atomic E-state index is 5.85. The van der Waals surface area contributed by atoms with Crippen molar-refractivity contribution < 1.29 is 0 Å². The van der Waals surface area contributed by atoms with Crippen molar-refractivity contribution in [3.8, 4) is 0 Å². The Labute approximate surface area is 90.1 Å². The molecule has 0 spiro atoms. The molecule has 0 radical (unpaired) electrons. The van der Waals surface area contributed by atoms with E-state index in [1.54, 1.807) is 0 Å². The fourth-order valence-electron chi connectivity index (χ4n) is 2.07. The summed E-state index contributed by atoms with van der Waals surface area (Å²) in [6, 6.07) is 0.795. The number of anilines is 2. The van der Waals surface area contributed by atoms with E-state index in [2.05, 4.69) is 29.2 Å². The van der Waals surface area contributed by atoms with Crippen molar-refractivity contribution in [3.05, 3.63) is 0 Å². The predicted octanol–water partition coefficient (Wildman–Crippen LogP) is 1.80. The zero-order valence-electron chi connectivity index (χ0n) is 9.40. The molecule has 0 bridgehead atoms.